The van der Waals surface area contributed by atoms with Crippen LogP contribution in [0.15, 0.2) is 0 Å². The molecule has 1 aliphatic rings. The van der Waals surface area contributed by atoms with E-state index >= 15 is 0 Å². The van der Waals surface area contributed by atoms with Gasteiger partial charge >= 0.3 is 0 Å². The summed E-state index contributed by atoms with van der Waals surface area (Å²) >= 11 is 0. The number of aliphatic hydroxyl groups excluding tert-OH is 2. The van der Waals surface area contributed by atoms with Crippen molar-refractivity contribution in [1.29, 1.82) is 0 Å². The molecular formula is C9H18O4. The molecule has 0 amide bonds. The van der Waals surface area contributed by atoms with Crippen LogP contribution in [-0.4, -0.2) is 40.9 Å². The molecule has 1 aliphatic heterocycles. The van der Waals surface area contributed by atoms with Crippen molar-refractivity contribution in [3.05, 3.63) is 0 Å². The van der Waals surface area contributed by atoms with Crippen LogP contribution in [0.25, 0.3) is 0 Å². The highest BCUT2D eigenvalue weighted by Gasteiger charge is 2.31. The molecule has 0 spiro atoms. The molecule has 0 bridgehead atoms. The summed E-state index contributed by atoms with van der Waals surface area (Å²) in [6.45, 7) is 5.91. The van der Waals surface area contributed by atoms with Gasteiger partial charge < -0.3 is 19.7 Å². The standard InChI is InChI=1S/C9H18O4/c1-9(2,3)13-8-4-6(10)7(11)5-12-8/h6-8,10-11H,4-5H2,1-3H3/t6-,7+,8+/m1/s1. The first-order valence-electron chi connectivity index (χ1n) is 4.54. The van der Waals surface area contributed by atoms with Crippen molar-refractivity contribution in [1.82, 2.24) is 0 Å². The van der Waals surface area contributed by atoms with E-state index in [1.165, 1.54) is 0 Å². The van der Waals surface area contributed by atoms with Crippen LogP contribution in [0.4, 0.5) is 0 Å². The molecule has 0 saturated carbocycles. The molecule has 1 rings (SSSR count). The third-order valence-electron chi connectivity index (χ3n) is 1.82. The molecule has 0 aromatic heterocycles. The van der Waals surface area contributed by atoms with E-state index in [-0.39, 0.29) is 12.2 Å². The molecule has 0 radical (unpaired) electrons. The Bertz CT molecular complexity index is 163. The van der Waals surface area contributed by atoms with Gasteiger partial charge in [-0.1, -0.05) is 0 Å². The van der Waals surface area contributed by atoms with Crippen LogP contribution in [0.2, 0.25) is 0 Å². The zero-order valence-electron chi connectivity index (χ0n) is 8.36. The van der Waals surface area contributed by atoms with E-state index in [0.717, 1.165) is 0 Å². The van der Waals surface area contributed by atoms with E-state index in [4.69, 9.17) is 14.6 Å². The molecule has 0 aliphatic carbocycles. The number of hydrogen-bond acceptors (Lipinski definition) is 4. The average Bonchev–Trinajstić information content (AvgIpc) is 1.94. The van der Waals surface area contributed by atoms with E-state index in [9.17, 15) is 5.11 Å². The molecule has 1 fully saturated rings. The van der Waals surface area contributed by atoms with Crippen LogP contribution >= 0.6 is 0 Å². The van der Waals surface area contributed by atoms with Crippen LogP contribution < -0.4 is 0 Å². The molecule has 1 heterocycles. The zero-order chi connectivity index (χ0) is 10.1. The van der Waals surface area contributed by atoms with Crippen LogP contribution in [0, 0.1) is 0 Å². The van der Waals surface area contributed by atoms with Gasteiger partial charge in [-0.15, -0.1) is 0 Å². The van der Waals surface area contributed by atoms with Gasteiger partial charge in [0.2, 0.25) is 0 Å². The van der Waals surface area contributed by atoms with Gasteiger partial charge in [0.25, 0.3) is 0 Å². The molecular weight excluding hydrogens is 172 g/mol. The van der Waals surface area contributed by atoms with Gasteiger partial charge in [-0.25, -0.2) is 0 Å². The minimum atomic E-state index is -0.778. The van der Waals surface area contributed by atoms with Crippen LogP contribution in [-0.2, 0) is 9.47 Å². The Morgan fingerprint density at radius 1 is 1.23 bits per heavy atom. The molecule has 0 aromatic carbocycles. The number of aliphatic hydroxyl groups is 2. The molecule has 78 valence electrons. The second-order valence-electron chi connectivity index (χ2n) is 4.36. The smallest absolute Gasteiger partial charge is 0.160 e. The maximum atomic E-state index is 9.33. The van der Waals surface area contributed by atoms with Gasteiger partial charge in [-0.2, -0.15) is 0 Å². The third-order valence-corrected chi connectivity index (χ3v) is 1.82. The minimum Gasteiger partial charge on any atom is -0.390 e. The predicted octanol–water partition coefficient (Wildman–Crippen LogP) is 0.270. The third kappa shape index (κ3) is 3.60. The average molecular weight is 190 g/mol. The van der Waals surface area contributed by atoms with Crippen molar-refractivity contribution in [2.45, 2.75) is 51.3 Å². The Balaban J connectivity index is 2.38. The Hall–Kier alpha value is -0.160. The summed E-state index contributed by atoms with van der Waals surface area (Å²) in [5.41, 5.74) is -0.285. The summed E-state index contributed by atoms with van der Waals surface area (Å²) < 4.78 is 10.7. The number of ether oxygens (including phenoxy) is 2. The topological polar surface area (TPSA) is 58.9 Å². The van der Waals surface area contributed by atoms with Crippen molar-refractivity contribution in [3.63, 3.8) is 0 Å². The van der Waals surface area contributed by atoms with Gasteiger partial charge in [0.15, 0.2) is 6.29 Å². The van der Waals surface area contributed by atoms with Gasteiger partial charge in [0.1, 0.15) is 6.10 Å². The molecule has 13 heavy (non-hydrogen) atoms. The Kier molecular flexibility index (Phi) is 3.29. The van der Waals surface area contributed by atoms with Gasteiger partial charge in [-0.05, 0) is 20.8 Å². The highest BCUT2D eigenvalue weighted by molar-refractivity contribution is 4.75. The number of rotatable bonds is 1. The largest absolute Gasteiger partial charge is 0.390 e. The molecule has 2 N–H and O–H groups in total. The lowest BCUT2D eigenvalue weighted by molar-refractivity contribution is -0.248. The fourth-order valence-corrected chi connectivity index (χ4v) is 1.22. The van der Waals surface area contributed by atoms with Gasteiger partial charge in [0, 0.05) is 6.42 Å². The lowest BCUT2D eigenvalue weighted by atomic mass is 10.1. The SMILES string of the molecule is CC(C)(C)O[C@H]1C[C@@H](O)[C@@H](O)CO1. The van der Waals surface area contributed by atoms with Crippen LogP contribution in [0.1, 0.15) is 27.2 Å². The molecule has 4 heteroatoms. The Morgan fingerprint density at radius 3 is 2.31 bits per heavy atom. The fourth-order valence-electron chi connectivity index (χ4n) is 1.22. The Labute approximate surface area is 78.5 Å². The van der Waals surface area contributed by atoms with Crippen molar-refractivity contribution in [2.24, 2.45) is 0 Å². The maximum Gasteiger partial charge on any atom is 0.160 e. The summed E-state index contributed by atoms with van der Waals surface area (Å²) in [5.74, 6) is 0. The molecule has 0 unspecified atom stereocenters. The van der Waals surface area contributed by atoms with Crippen LogP contribution in [0.5, 0.6) is 0 Å². The molecule has 0 aromatic rings. The zero-order valence-corrected chi connectivity index (χ0v) is 8.36. The highest BCUT2D eigenvalue weighted by Crippen LogP contribution is 2.20. The minimum absolute atomic E-state index is 0.141. The maximum absolute atomic E-state index is 9.33. The first-order chi connectivity index (χ1) is 5.88. The van der Waals surface area contributed by atoms with E-state index in [0.29, 0.717) is 6.42 Å². The Morgan fingerprint density at radius 2 is 1.85 bits per heavy atom. The van der Waals surface area contributed by atoms with E-state index < -0.39 is 18.5 Å². The monoisotopic (exact) mass is 190 g/mol. The highest BCUT2D eigenvalue weighted by atomic mass is 16.7. The first kappa shape index (κ1) is 10.9. The molecule has 3 atom stereocenters. The summed E-state index contributed by atoms with van der Waals surface area (Å²) in [7, 11) is 0. The van der Waals surface area contributed by atoms with Crippen molar-refractivity contribution in [2.75, 3.05) is 6.61 Å². The van der Waals surface area contributed by atoms with E-state index in [1.54, 1.807) is 0 Å². The van der Waals surface area contributed by atoms with Crippen molar-refractivity contribution in [3.8, 4) is 0 Å². The van der Waals surface area contributed by atoms with Crippen molar-refractivity contribution >= 4 is 0 Å². The van der Waals surface area contributed by atoms with E-state index in [2.05, 4.69) is 0 Å². The second kappa shape index (κ2) is 3.92. The summed E-state index contributed by atoms with van der Waals surface area (Å²) in [5, 5.41) is 18.5. The molecule has 1 saturated heterocycles. The van der Waals surface area contributed by atoms with E-state index in [1.807, 2.05) is 20.8 Å². The summed E-state index contributed by atoms with van der Waals surface area (Å²) in [4.78, 5) is 0. The summed E-state index contributed by atoms with van der Waals surface area (Å²) in [6.07, 6.45) is -1.59. The first-order valence-corrected chi connectivity index (χ1v) is 4.54. The van der Waals surface area contributed by atoms with Crippen molar-refractivity contribution < 1.29 is 19.7 Å². The lowest BCUT2D eigenvalue weighted by Gasteiger charge is -2.34. The quantitative estimate of drug-likeness (QED) is 0.623. The van der Waals surface area contributed by atoms with Gasteiger partial charge in [-0.3, -0.25) is 0 Å². The molecule has 4 nitrogen and oxygen atoms in total. The fraction of sp³-hybridized carbons (Fsp3) is 1.00. The second-order valence-corrected chi connectivity index (χ2v) is 4.36. The van der Waals surface area contributed by atoms with Crippen LogP contribution in [0.3, 0.4) is 0 Å². The number of hydrogen-bond donors (Lipinski definition) is 2. The predicted molar refractivity (Wildman–Crippen MR) is 47.2 cm³/mol. The van der Waals surface area contributed by atoms with Gasteiger partial charge in [0.05, 0.1) is 18.3 Å². The normalized spacial score (nSPS) is 36.2. The lowest BCUT2D eigenvalue weighted by Crippen LogP contribution is -2.44. The summed E-state index contributed by atoms with van der Waals surface area (Å²) in [6, 6.07) is 0.